The summed E-state index contributed by atoms with van der Waals surface area (Å²) in [5.74, 6) is 0.249. The van der Waals surface area contributed by atoms with Gasteiger partial charge in [-0.25, -0.2) is 9.97 Å². The van der Waals surface area contributed by atoms with Crippen LogP contribution in [0.5, 0.6) is 0 Å². The third-order valence-corrected chi connectivity index (χ3v) is 3.82. The number of nitrogens with zero attached hydrogens (tertiary/aromatic N) is 4. The Morgan fingerprint density at radius 3 is 2.64 bits per heavy atom. The van der Waals surface area contributed by atoms with Crippen LogP contribution in [0, 0.1) is 0 Å². The molecule has 0 aromatic carbocycles. The third-order valence-electron chi connectivity index (χ3n) is 3.82. The van der Waals surface area contributed by atoms with Crippen LogP contribution >= 0.6 is 0 Å². The lowest BCUT2D eigenvalue weighted by atomic mass is 10.1. The van der Waals surface area contributed by atoms with E-state index in [0.717, 1.165) is 6.07 Å². The van der Waals surface area contributed by atoms with Crippen LogP contribution in [0.1, 0.15) is 26.5 Å². The van der Waals surface area contributed by atoms with Gasteiger partial charge >= 0.3 is 6.18 Å². The fourth-order valence-corrected chi connectivity index (χ4v) is 2.99. The highest BCUT2D eigenvalue weighted by Crippen LogP contribution is 2.33. The second kappa shape index (κ2) is 6.25. The van der Waals surface area contributed by atoms with E-state index in [1.165, 1.54) is 6.20 Å². The number of halogens is 3. The maximum absolute atomic E-state index is 13.3. The highest BCUT2D eigenvalue weighted by atomic mass is 19.4. The van der Waals surface area contributed by atoms with Crippen molar-refractivity contribution in [1.82, 2.24) is 15.0 Å². The van der Waals surface area contributed by atoms with Crippen LogP contribution < -0.4 is 4.90 Å². The summed E-state index contributed by atoms with van der Waals surface area (Å²) in [4.78, 5) is 13.8. The van der Waals surface area contributed by atoms with Crippen molar-refractivity contribution >= 4 is 5.82 Å². The Labute approximate surface area is 143 Å². The lowest BCUT2D eigenvalue weighted by Gasteiger charge is -2.42. The molecule has 1 saturated heterocycles. The number of alkyl halides is 3. The minimum absolute atomic E-state index is 0.00914. The Hall–Kier alpha value is -2.22. The third kappa shape index (κ3) is 4.07. The van der Waals surface area contributed by atoms with Crippen molar-refractivity contribution in [3.8, 4) is 11.4 Å². The van der Waals surface area contributed by atoms with E-state index < -0.39 is 17.5 Å². The molecule has 0 spiro atoms. The van der Waals surface area contributed by atoms with Gasteiger partial charge in [-0.15, -0.1) is 0 Å². The van der Waals surface area contributed by atoms with Crippen molar-refractivity contribution in [2.45, 2.75) is 38.7 Å². The van der Waals surface area contributed by atoms with E-state index in [1.54, 1.807) is 18.3 Å². The topological polar surface area (TPSA) is 51.1 Å². The molecule has 0 bridgehead atoms. The molecule has 0 saturated carbocycles. The number of hydrogen-bond donors (Lipinski definition) is 0. The van der Waals surface area contributed by atoms with Crippen LogP contribution in [0.25, 0.3) is 11.4 Å². The number of aromatic nitrogens is 3. The number of rotatable bonds is 2. The molecule has 2 aromatic heterocycles. The summed E-state index contributed by atoms with van der Waals surface area (Å²) in [6.07, 6.45) is -1.67. The molecular formula is C17H19F3N4O. The highest BCUT2D eigenvalue weighted by Gasteiger charge is 2.36. The molecule has 134 valence electrons. The molecule has 1 aliphatic heterocycles. The van der Waals surface area contributed by atoms with Gasteiger partial charge in [0.05, 0.1) is 11.7 Å². The van der Waals surface area contributed by atoms with Crippen molar-refractivity contribution in [1.29, 1.82) is 0 Å². The van der Waals surface area contributed by atoms with E-state index in [1.807, 2.05) is 25.7 Å². The fourth-order valence-electron chi connectivity index (χ4n) is 2.99. The molecule has 0 amide bonds. The van der Waals surface area contributed by atoms with E-state index >= 15 is 0 Å². The van der Waals surface area contributed by atoms with Gasteiger partial charge in [0.25, 0.3) is 0 Å². The van der Waals surface area contributed by atoms with Crippen LogP contribution in [0.2, 0.25) is 0 Å². The molecule has 3 heterocycles. The first-order valence-corrected chi connectivity index (χ1v) is 7.93. The second-order valence-corrected chi connectivity index (χ2v) is 6.74. The summed E-state index contributed by atoms with van der Waals surface area (Å²) in [7, 11) is 0. The lowest BCUT2D eigenvalue weighted by molar-refractivity contribution is -0.141. The molecule has 2 aromatic rings. The van der Waals surface area contributed by atoms with E-state index in [4.69, 9.17) is 4.74 Å². The summed E-state index contributed by atoms with van der Waals surface area (Å²) in [6.45, 7) is 6.61. The number of anilines is 1. The number of ether oxygens (including phenoxy) is 1. The van der Waals surface area contributed by atoms with E-state index in [-0.39, 0.29) is 17.7 Å². The first kappa shape index (κ1) is 17.6. The van der Waals surface area contributed by atoms with Gasteiger partial charge in [0, 0.05) is 37.1 Å². The molecule has 1 fully saturated rings. The molecule has 0 radical (unpaired) electrons. The molecule has 8 heteroatoms. The molecule has 3 rings (SSSR count). The predicted molar refractivity (Wildman–Crippen MR) is 87.1 cm³/mol. The molecule has 0 aliphatic carbocycles. The highest BCUT2D eigenvalue weighted by molar-refractivity contribution is 5.57. The van der Waals surface area contributed by atoms with Gasteiger partial charge in [0.1, 0.15) is 5.82 Å². The van der Waals surface area contributed by atoms with Gasteiger partial charge < -0.3 is 9.64 Å². The van der Waals surface area contributed by atoms with E-state index in [9.17, 15) is 13.2 Å². The van der Waals surface area contributed by atoms with Crippen molar-refractivity contribution in [3.05, 3.63) is 36.3 Å². The molecule has 1 aliphatic rings. The molecule has 25 heavy (non-hydrogen) atoms. The quantitative estimate of drug-likeness (QED) is 0.827. The fraction of sp³-hybridized carbons (Fsp3) is 0.471. The molecule has 1 atom stereocenters. The van der Waals surface area contributed by atoms with E-state index in [2.05, 4.69) is 15.0 Å². The first-order valence-electron chi connectivity index (χ1n) is 7.93. The molecule has 0 N–H and O–H groups in total. The van der Waals surface area contributed by atoms with Gasteiger partial charge in [0.15, 0.2) is 11.5 Å². The van der Waals surface area contributed by atoms with Gasteiger partial charge in [0.2, 0.25) is 0 Å². The summed E-state index contributed by atoms with van der Waals surface area (Å²) in [6, 6.07) is 4.27. The number of morpholine rings is 1. The maximum atomic E-state index is 13.3. The summed E-state index contributed by atoms with van der Waals surface area (Å²) >= 11 is 0. The van der Waals surface area contributed by atoms with Crippen molar-refractivity contribution in [2.75, 3.05) is 18.0 Å². The average molecular weight is 352 g/mol. The monoisotopic (exact) mass is 352 g/mol. The zero-order chi connectivity index (χ0) is 18.2. The number of pyridine rings is 1. The van der Waals surface area contributed by atoms with Crippen LogP contribution in [-0.2, 0) is 10.9 Å². The largest absolute Gasteiger partial charge is 0.433 e. The van der Waals surface area contributed by atoms with Crippen molar-refractivity contribution in [3.63, 3.8) is 0 Å². The van der Waals surface area contributed by atoms with Crippen LogP contribution in [0.4, 0.5) is 19.0 Å². The summed E-state index contributed by atoms with van der Waals surface area (Å²) in [5.41, 5.74) is -1.00. The Morgan fingerprint density at radius 2 is 2.04 bits per heavy atom. The summed E-state index contributed by atoms with van der Waals surface area (Å²) in [5, 5.41) is 0. The average Bonchev–Trinajstić information content (AvgIpc) is 2.52. The first-order chi connectivity index (χ1) is 11.6. The van der Waals surface area contributed by atoms with Gasteiger partial charge in [-0.2, -0.15) is 13.2 Å². The minimum Gasteiger partial charge on any atom is -0.369 e. The Morgan fingerprint density at radius 1 is 1.28 bits per heavy atom. The van der Waals surface area contributed by atoms with Crippen LogP contribution in [0.3, 0.4) is 0 Å². The zero-order valence-electron chi connectivity index (χ0n) is 14.2. The zero-order valence-corrected chi connectivity index (χ0v) is 14.2. The normalized spacial score (nSPS) is 20.6. The second-order valence-electron chi connectivity index (χ2n) is 6.74. The van der Waals surface area contributed by atoms with Gasteiger partial charge in [-0.1, -0.05) is 0 Å². The predicted octanol–water partition coefficient (Wildman–Crippen LogP) is 3.56. The Balaban J connectivity index is 2.07. The SMILES string of the molecule is C[C@@H]1CN(c2cc(C(F)(F)F)nc(-c3cccnc3)n2)CC(C)(C)O1. The Bertz CT molecular complexity index is 749. The lowest BCUT2D eigenvalue weighted by Crippen LogP contribution is -2.52. The van der Waals surface area contributed by atoms with Crippen molar-refractivity contribution in [2.24, 2.45) is 0 Å². The van der Waals surface area contributed by atoms with E-state index in [0.29, 0.717) is 18.7 Å². The van der Waals surface area contributed by atoms with Crippen LogP contribution in [-0.4, -0.2) is 39.7 Å². The minimum atomic E-state index is -4.55. The standard InChI is InChI=1S/C17H19F3N4O/c1-11-9-24(10-16(2,3)25-11)14-7-13(17(18,19)20)22-15(23-14)12-5-4-6-21-8-12/h4-8,11H,9-10H2,1-3H3/t11-/m1/s1. The van der Waals surface area contributed by atoms with Gasteiger partial charge in [-0.3, -0.25) is 4.98 Å². The van der Waals surface area contributed by atoms with Crippen LogP contribution in [0.15, 0.2) is 30.6 Å². The van der Waals surface area contributed by atoms with Gasteiger partial charge in [-0.05, 0) is 32.9 Å². The molecule has 5 nitrogen and oxygen atoms in total. The van der Waals surface area contributed by atoms with Crippen molar-refractivity contribution < 1.29 is 17.9 Å². The molecule has 0 unspecified atom stereocenters. The Kier molecular flexibility index (Phi) is 4.40. The molecular weight excluding hydrogens is 333 g/mol. The number of hydrogen-bond acceptors (Lipinski definition) is 5. The summed E-state index contributed by atoms with van der Waals surface area (Å²) < 4.78 is 45.8. The maximum Gasteiger partial charge on any atom is 0.433 e. The smallest absolute Gasteiger partial charge is 0.369 e.